The summed E-state index contributed by atoms with van der Waals surface area (Å²) >= 11 is 0.980. The van der Waals surface area contributed by atoms with Gasteiger partial charge in [0.15, 0.2) is 22.8 Å². The second-order valence-electron chi connectivity index (χ2n) is 15.0. The predicted octanol–water partition coefficient (Wildman–Crippen LogP) is -0.972. The van der Waals surface area contributed by atoms with Crippen LogP contribution in [0, 0.1) is 5.41 Å². The van der Waals surface area contributed by atoms with Crippen LogP contribution in [0.1, 0.15) is 91.2 Å². The molecule has 1 saturated heterocycles. The van der Waals surface area contributed by atoms with Crippen LogP contribution in [0.2, 0.25) is 0 Å². The number of carbonyl (C=O) groups is 3. The first kappa shape index (κ1) is 53.9. The van der Waals surface area contributed by atoms with Crippen LogP contribution < -0.4 is 35.9 Å². The van der Waals surface area contributed by atoms with Crippen LogP contribution in [0.15, 0.2) is 12.7 Å². The normalized spacial score (nSPS) is 21.3. The van der Waals surface area contributed by atoms with E-state index in [4.69, 9.17) is 10.5 Å². The fraction of sp³-hybridized carbons (Fsp3) is 0.758. The maximum atomic E-state index is 12.6. The van der Waals surface area contributed by atoms with Gasteiger partial charge in [0, 0.05) is 37.1 Å². The van der Waals surface area contributed by atoms with Gasteiger partial charge >= 0.3 is 0 Å². The molecule has 2 aromatic heterocycles. The number of aliphatic hydroxyl groups is 3. The molecule has 0 spiro atoms. The van der Waals surface area contributed by atoms with Crippen LogP contribution >= 0.6 is 35.2 Å². The number of rotatable bonds is 29. The molecule has 1 aliphatic rings. The third-order valence-corrected chi connectivity index (χ3v) is 13.2. The lowest BCUT2D eigenvalue weighted by Gasteiger charge is -2.36. The molecule has 354 valence electrons. The van der Waals surface area contributed by atoms with E-state index in [1.54, 1.807) is 0 Å². The fourth-order valence-corrected chi connectivity index (χ4v) is 9.44. The highest BCUT2D eigenvalue weighted by atomic mass is 32.2. The first-order valence-corrected chi connectivity index (χ1v) is 25.0. The summed E-state index contributed by atoms with van der Waals surface area (Å²) in [7, 11) is -17.6. The highest BCUT2D eigenvalue weighted by Gasteiger charge is 2.47. The number of thioether (sulfide) groups is 1. The number of nitrogen functional groups attached to an aromatic ring is 1. The smallest absolute Gasteiger partial charge is 0.274 e. The van der Waals surface area contributed by atoms with Crippen molar-refractivity contribution in [3.05, 3.63) is 12.7 Å². The summed E-state index contributed by atoms with van der Waals surface area (Å²) in [5.74, 6) is -1.33. The molecule has 62 heavy (non-hydrogen) atoms. The monoisotopic (exact) mass is 961 g/mol. The second kappa shape index (κ2) is 24.7. The van der Waals surface area contributed by atoms with Gasteiger partial charge in [-0.25, -0.2) is 19.3 Å². The van der Waals surface area contributed by atoms with Gasteiger partial charge in [0.25, 0.3) is 15.6 Å². The fourth-order valence-electron chi connectivity index (χ4n) is 5.96. The Labute approximate surface area is 361 Å². The van der Waals surface area contributed by atoms with Crippen molar-refractivity contribution in [3.8, 4) is 0 Å². The summed E-state index contributed by atoms with van der Waals surface area (Å²) in [6.45, 7) is 2.15. The summed E-state index contributed by atoms with van der Waals surface area (Å²) < 4.78 is 60.6. The standard InChI is InChI=1S/C33H58N7O18P3S/c1-4-5-6-7-8-9-10-11-21(41)16-24(43)62-15-14-35-23(42)12-13-36-31(46)28(45)33(2,3)18-55-61(52,53)58-60(50,51)54-17-22-27(57-59(47,48)49)26(44)32(56-22)40-20-39-25-29(34)37-19-38-30(25)40/h19-22,26-28,32,41,44-45H,4-18H2,1-3H3,(H,35,42)(H,36,46)(H,50,51)(H,52,53)(H2,34,37,38)(H2,47,48,49)/p-4/t21-,22+,26+,27+,28-,32+/m0/s1. The van der Waals surface area contributed by atoms with E-state index < -0.39 is 90.7 Å². The van der Waals surface area contributed by atoms with E-state index in [-0.39, 0.29) is 53.8 Å². The lowest BCUT2D eigenvalue weighted by atomic mass is 9.87. The number of nitrogens with two attached hydrogens (primary N) is 1. The number of anilines is 1. The van der Waals surface area contributed by atoms with Gasteiger partial charge in [0.2, 0.25) is 11.8 Å². The number of carbonyl (C=O) groups excluding carboxylic acids is 3. The Morgan fingerprint density at radius 3 is 2.32 bits per heavy atom. The van der Waals surface area contributed by atoms with Crippen LogP contribution in [0.5, 0.6) is 0 Å². The Kier molecular flexibility index (Phi) is 21.5. The van der Waals surface area contributed by atoms with Crippen LogP contribution in [0.25, 0.3) is 11.2 Å². The molecule has 1 aliphatic heterocycles. The van der Waals surface area contributed by atoms with Crippen LogP contribution in [0.4, 0.5) is 5.82 Å². The summed E-state index contributed by atoms with van der Waals surface area (Å²) in [4.78, 5) is 96.5. The van der Waals surface area contributed by atoms with Crippen molar-refractivity contribution in [2.24, 2.45) is 5.41 Å². The molecule has 29 heteroatoms. The number of aromatic nitrogens is 4. The maximum Gasteiger partial charge on any atom is 0.274 e. The van der Waals surface area contributed by atoms with Crippen molar-refractivity contribution in [2.45, 2.75) is 122 Å². The van der Waals surface area contributed by atoms with Crippen molar-refractivity contribution >= 4 is 69.1 Å². The van der Waals surface area contributed by atoms with Crippen molar-refractivity contribution in [1.82, 2.24) is 30.2 Å². The van der Waals surface area contributed by atoms with Gasteiger partial charge in [-0.05, 0) is 6.42 Å². The van der Waals surface area contributed by atoms with E-state index in [9.17, 15) is 63.0 Å². The highest BCUT2D eigenvalue weighted by molar-refractivity contribution is 8.13. The van der Waals surface area contributed by atoms with Gasteiger partial charge < -0.3 is 74.1 Å². The molecule has 3 heterocycles. The average Bonchev–Trinajstić information content (AvgIpc) is 3.74. The zero-order valence-corrected chi connectivity index (χ0v) is 37.8. The van der Waals surface area contributed by atoms with E-state index in [2.05, 4.69) is 50.4 Å². The molecule has 0 aliphatic carbocycles. The van der Waals surface area contributed by atoms with E-state index in [1.807, 2.05) is 0 Å². The van der Waals surface area contributed by atoms with Gasteiger partial charge in [-0.2, -0.15) is 0 Å². The SMILES string of the molecule is CCCCCCCCC[C@H](O)CC(=O)SCCNC(=O)CCNC(=O)[C@H](O)C(C)(C)COP(=O)([O-])OP(=O)([O-])OC[C@H]1O[C@@H](n2cnc3c(N)ncnc32)[C@H](O)[C@@H]1OP(=O)([O-])[O-]. The second-order valence-corrected chi connectivity index (χ2v) is 20.2. The summed E-state index contributed by atoms with van der Waals surface area (Å²) in [6.07, 6.45) is -0.0903. The third kappa shape index (κ3) is 18.2. The number of phosphoric ester groups is 3. The van der Waals surface area contributed by atoms with Crippen molar-refractivity contribution in [2.75, 3.05) is 37.8 Å². The number of hydrogen-bond donors (Lipinski definition) is 6. The largest absolute Gasteiger partial charge is 0.790 e. The lowest BCUT2D eigenvalue weighted by Crippen LogP contribution is -2.46. The Hall–Kier alpha value is -2.48. The summed E-state index contributed by atoms with van der Waals surface area (Å²) in [5, 5.41) is 36.2. The maximum absolute atomic E-state index is 12.6. The van der Waals surface area contributed by atoms with Gasteiger partial charge in [-0.1, -0.05) is 77.5 Å². The topological polar surface area (TPSA) is 395 Å². The Morgan fingerprint density at radius 2 is 1.65 bits per heavy atom. The van der Waals surface area contributed by atoms with Gasteiger partial charge in [-0.15, -0.1) is 0 Å². The molecular weight excluding hydrogens is 907 g/mol. The average molecular weight is 962 g/mol. The summed E-state index contributed by atoms with van der Waals surface area (Å²) in [5.41, 5.74) is 4.05. The van der Waals surface area contributed by atoms with Gasteiger partial charge in [-0.3, -0.25) is 28.1 Å². The molecule has 0 radical (unpaired) electrons. The molecule has 0 saturated carbocycles. The number of phosphoric acid groups is 3. The minimum Gasteiger partial charge on any atom is -0.790 e. The molecule has 0 bridgehead atoms. The van der Waals surface area contributed by atoms with Gasteiger partial charge in [0.1, 0.15) is 36.3 Å². The minimum absolute atomic E-state index is 0.0147. The molecule has 2 aromatic rings. The number of amides is 2. The first-order valence-electron chi connectivity index (χ1n) is 19.6. The first-order chi connectivity index (χ1) is 28.9. The number of imidazole rings is 1. The number of nitrogens with zero attached hydrogens (tertiary/aromatic N) is 4. The number of ether oxygens (including phenoxy) is 1. The highest BCUT2D eigenvalue weighted by Crippen LogP contribution is 2.56. The zero-order valence-electron chi connectivity index (χ0n) is 34.3. The van der Waals surface area contributed by atoms with E-state index in [1.165, 1.54) is 39.5 Å². The van der Waals surface area contributed by atoms with Crippen LogP contribution in [0.3, 0.4) is 0 Å². The Morgan fingerprint density at radius 1 is 0.984 bits per heavy atom. The number of hydrogen-bond acceptors (Lipinski definition) is 23. The quantitative estimate of drug-likeness (QED) is 0.0422. The molecular formula is C33H54N7O18P3S-4. The number of aliphatic hydroxyl groups excluding tert-OH is 3. The van der Waals surface area contributed by atoms with Crippen molar-refractivity contribution < 1.29 is 85.6 Å². The summed E-state index contributed by atoms with van der Waals surface area (Å²) in [6, 6.07) is 0. The minimum atomic E-state index is -5.93. The molecule has 8 atom stereocenters. The molecule has 2 unspecified atom stereocenters. The van der Waals surface area contributed by atoms with Gasteiger partial charge in [0.05, 0.1) is 33.5 Å². The molecule has 0 aromatic carbocycles. The molecule has 1 fully saturated rings. The molecule has 25 nitrogen and oxygen atoms in total. The van der Waals surface area contributed by atoms with Crippen molar-refractivity contribution in [3.63, 3.8) is 0 Å². The van der Waals surface area contributed by atoms with E-state index >= 15 is 0 Å². The molecule has 7 N–H and O–H groups in total. The van der Waals surface area contributed by atoms with E-state index in [0.717, 1.165) is 48.2 Å². The predicted molar refractivity (Wildman–Crippen MR) is 211 cm³/mol. The third-order valence-electron chi connectivity index (χ3n) is 9.28. The number of fused-ring (bicyclic) bond motifs is 1. The Bertz CT molecular complexity index is 1920. The number of nitrogens with one attached hydrogen (secondary N) is 2. The molecule has 2 amide bonds. The lowest BCUT2D eigenvalue weighted by molar-refractivity contribution is -0.347. The van der Waals surface area contributed by atoms with Crippen molar-refractivity contribution in [1.29, 1.82) is 0 Å². The molecule has 3 rings (SSSR count). The van der Waals surface area contributed by atoms with E-state index in [0.29, 0.717) is 6.42 Å². The number of unbranched alkanes of at least 4 members (excludes halogenated alkanes) is 6. The van der Waals surface area contributed by atoms with Crippen LogP contribution in [-0.2, 0) is 50.7 Å². The Balaban J connectivity index is 1.39. The van der Waals surface area contributed by atoms with Crippen LogP contribution in [-0.4, -0.2) is 114 Å². The zero-order chi connectivity index (χ0) is 46.3.